The third-order valence-electron chi connectivity index (χ3n) is 6.54. The highest BCUT2D eigenvalue weighted by Crippen LogP contribution is 2.31. The first-order valence-electron chi connectivity index (χ1n) is 11.4. The van der Waals surface area contributed by atoms with Gasteiger partial charge in [0.1, 0.15) is 11.8 Å². The van der Waals surface area contributed by atoms with Crippen LogP contribution in [0.4, 0.5) is 0 Å². The number of likely N-dealkylation sites (tertiary alicyclic amines) is 1. The van der Waals surface area contributed by atoms with Crippen LogP contribution in [0.15, 0.2) is 59.4 Å². The van der Waals surface area contributed by atoms with Crippen molar-refractivity contribution in [3.05, 3.63) is 81.9 Å². The highest BCUT2D eigenvalue weighted by molar-refractivity contribution is 5.80. The first-order chi connectivity index (χ1) is 16.1. The van der Waals surface area contributed by atoms with E-state index in [1.807, 2.05) is 47.1 Å². The highest BCUT2D eigenvalue weighted by atomic mass is 16.5. The quantitative estimate of drug-likeness (QED) is 0.490. The number of nitrogens with one attached hydrogen (secondary N) is 1. The van der Waals surface area contributed by atoms with Gasteiger partial charge in [-0.2, -0.15) is 0 Å². The van der Waals surface area contributed by atoms with Crippen LogP contribution in [0, 0.1) is 5.92 Å². The minimum Gasteiger partial charge on any atom is -0.497 e. The summed E-state index contributed by atoms with van der Waals surface area (Å²) in [6, 6.07) is 17.4. The lowest BCUT2D eigenvalue weighted by Crippen LogP contribution is -2.40. The summed E-state index contributed by atoms with van der Waals surface area (Å²) in [4.78, 5) is 18.7. The van der Waals surface area contributed by atoms with E-state index in [1.54, 1.807) is 7.11 Å². The second-order valence-electron chi connectivity index (χ2n) is 8.81. The van der Waals surface area contributed by atoms with E-state index < -0.39 is 0 Å². The summed E-state index contributed by atoms with van der Waals surface area (Å²) in [6.07, 6.45) is 2.16. The third-order valence-corrected chi connectivity index (χ3v) is 6.54. The van der Waals surface area contributed by atoms with Crippen LogP contribution < -0.4 is 10.3 Å². The number of hydrogen-bond acceptors (Lipinski definition) is 6. The summed E-state index contributed by atoms with van der Waals surface area (Å²) in [5, 5.41) is 13.6. The van der Waals surface area contributed by atoms with E-state index in [-0.39, 0.29) is 11.6 Å². The molecule has 170 valence electrons. The lowest BCUT2D eigenvalue weighted by molar-refractivity contribution is 0.149. The average molecular weight is 445 g/mol. The fourth-order valence-electron chi connectivity index (χ4n) is 4.59. The van der Waals surface area contributed by atoms with Crippen molar-refractivity contribution in [3.63, 3.8) is 0 Å². The number of benzene rings is 2. The zero-order valence-electron chi connectivity index (χ0n) is 18.9. The Kier molecular flexibility index (Phi) is 5.92. The lowest BCUT2D eigenvalue weighted by atomic mass is 9.95. The average Bonchev–Trinajstić information content (AvgIpc) is 3.28. The van der Waals surface area contributed by atoms with Crippen molar-refractivity contribution in [2.24, 2.45) is 5.92 Å². The highest BCUT2D eigenvalue weighted by Gasteiger charge is 2.32. The summed E-state index contributed by atoms with van der Waals surface area (Å²) < 4.78 is 7.21. The van der Waals surface area contributed by atoms with Crippen LogP contribution in [-0.4, -0.2) is 50.3 Å². The molecule has 1 saturated heterocycles. The Labute approximate surface area is 192 Å². The predicted octanol–water partition coefficient (Wildman–Crippen LogP) is 3.39. The maximum atomic E-state index is 13.3. The van der Waals surface area contributed by atoms with Crippen molar-refractivity contribution in [1.29, 1.82) is 0 Å². The topological polar surface area (TPSA) is 88.9 Å². The first kappa shape index (κ1) is 21.3. The molecule has 0 spiro atoms. The molecule has 0 radical (unpaired) electrons. The standard InChI is InChI=1S/C25H28N6O2/c1-17-10-12-30(13-11-17)23(24-27-28-29-31(24)16-18-6-4-3-5-7-18)21-15-19-14-20(33-2)8-9-22(19)26-25(21)32/h3-9,14-15,17,23H,10-13,16H2,1-2H3,(H,26,32). The smallest absolute Gasteiger partial charge is 0.253 e. The van der Waals surface area contributed by atoms with Gasteiger partial charge in [-0.3, -0.25) is 9.69 Å². The van der Waals surface area contributed by atoms with Crippen LogP contribution >= 0.6 is 0 Å². The largest absolute Gasteiger partial charge is 0.497 e. The number of pyridine rings is 1. The molecule has 1 aliphatic heterocycles. The molecular weight excluding hydrogens is 416 g/mol. The Morgan fingerprint density at radius 3 is 2.67 bits per heavy atom. The Morgan fingerprint density at radius 1 is 1.12 bits per heavy atom. The molecule has 1 fully saturated rings. The van der Waals surface area contributed by atoms with Crippen LogP contribution in [0.25, 0.3) is 10.9 Å². The van der Waals surface area contributed by atoms with Gasteiger partial charge < -0.3 is 9.72 Å². The summed E-state index contributed by atoms with van der Waals surface area (Å²) >= 11 is 0. The summed E-state index contributed by atoms with van der Waals surface area (Å²) in [6.45, 7) is 4.60. The van der Waals surface area contributed by atoms with Gasteiger partial charge in [0, 0.05) is 16.5 Å². The molecule has 2 aromatic heterocycles. The fourth-order valence-corrected chi connectivity index (χ4v) is 4.59. The number of hydrogen-bond donors (Lipinski definition) is 1. The molecule has 33 heavy (non-hydrogen) atoms. The van der Waals surface area contributed by atoms with Crippen LogP contribution in [0.2, 0.25) is 0 Å². The van der Waals surface area contributed by atoms with Gasteiger partial charge in [0.2, 0.25) is 0 Å². The molecule has 0 amide bonds. The zero-order chi connectivity index (χ0) is 22.8. The van der Waals surface area contributed by atoms with E-state index in [2.05, 4.69) is 44.5 Å². The molecule has 8 nitrogen and oxygen atoms in total. The van der Waals surface area contributed by atoms with E-state index in [1.165, 1.54) is 0 Å². The molecule has 5 rings (SSSR count). The normalized spacial score (nSPS) is 16.2. The van der Waals surface area contributed by atoms with Crippen molar-refractivity contribution in [2.45, 2.75) is 32.4 Å². The molecule has 2 aromatic carbocycles. The van der Waals surface area contributed by atoms with Crippen LogP contribution in [0.1, 0.15) is 42.8 Å². The van der Waals surface area contributed by atoms with Crippen molar-refractivity contribution in [2.75, 3.05) is 20.2 Å². The Morgan fingerprint density at radius 2 is 1.91 bits per heavy atom. The maximum absolute atomic E-state index is 13.3. The molecule has 0 saturated carbocycles. The predicted molar refractivity (Wildman–Crippen MR) is 126 cm³/mol. The van der Waals surface area contributed by atoms with E-state index in [0.717, 1.165) is 48.1 Å². The second kappa shape index (κ2) is 9.15. The third kappa shape index (κ3) is 4.39. The van der Waals surface area contributed by atoms with E-state index in [4.69, 9.17) is 4.74 Å². The van der Waals surface area contributed by atoms with E-state index in [9.17, 15) is 4.79 Å². The number of tetrazole rings is 1. The minimum absolute atomic E-state index is 0.120. The summed E-state index contributed by atoms with van der Waals surface area (Å²) in [5.74, 6) is 2.10. The SMILES string of the molecule is COc1ccc2[nH]c(=O)c(C(c3nnnn3Cc3ccccc3)N3CCC(C)CC3)cc2c1. The van der Waals surface area contributed by atoms with E-state index >= 15 is 0 Å². The fraction of sp³-hybridized carbons (Fsp3) is 0.360. The number of aromatic nitrogens is 5. The number of piperidine rings is 1. The Hall–Kier alpha value is -3.52. The van der Waals surface area contributed by atoms with Crippen LogP contribution in [0.5, 0.6) is 5.75 Å². The van der Waals surface area contributed by atoms with Crippen LogP contribution in [-0.2, 0) is 6.54 Å². The molecule has 8 heteroatoms. The molecule has 4 aromatic rings. The van der Waals surface area contributed by atoms with Gasteiger partial charge in [0.25, 0.3) is 5.56 Å². The molecule has 1 unspecified atom stereocenters. The molecule has 0 bridgehead atoms. The van der Waals surface area contributed by atoms with Gasteiger partial charge in [-0.05, 0) is 72.1 Å². The van der Waals surface area contributed by atoms with Crippen molar-refractivity contribution in [1.82, 2.24) is 30.1 Å². The van der Waals surface area contributed by atoms with Gasteiger partial charge in [-0.15, -0.1) is 5.10 Å². The van der Waals surface area contributed by atoms with Gasteiger partial charge in [0.15, 0.2) is 5.82 Å². The summed E-state index contributed by atoms with van der Waals surface area (Å²) in [7, 11) is 1.64. The van der Waals surface area contributed by atoms with Gasteiger partial charge in [-0.25, -0.2) is 4.68 Å². The van der Waals surface area contributed by atoms with E-state index in [0.29, 0.717) is 23.9 Å². The Balaban J connectivity index is 1.61. The molecule has 1 aliphatic rings. The molecule has 1 N–H and O–H groups in total. The number of nitrogens with zero attached hydrogens (tertiary/aromatic N) is 5. The van der Waals surface area contributed by atoms with Crippen molar-refractivity contribution in [3.8, 4) is 5.75 Å². The molecular formula is C25H28N6O2. The second-order valence-corrected chi connectivity index (χ2v) is 8.81. The van der Waals surface area contributed by atoms with Crippen molar-refractivity contribution >= 4 is 10.9 Å². The number of fused-ring (bicyclic) bond motifs is 1. The molecule has 1 atom stereocenters. The van der Waals surface area contributed by atoms with Crippen molar-refractivity contribution < 1.29 is 4.74 Å². The van der Waals surface area contributed by atoms with Gasteiger partial charge in [-0.1, -0.05) is 37.3 Å². The lowest BCUT2D eigenvalue weighted by Gasteiger charge is -2.35. The number of methoxy groups -OCH3 is 1. The van der Waals surface area contributed by atoms with Gasteiger partial charge in [0.05, 0.1) is 13.7 Å². The number of rotatable bonds is 6. The van der Waals surface area contributed by atoms with Gasteiger partial charge >= 0.3 is 0 Å². The Bertz CT molecular complexity index is 1290. The monoisotopic (exact) mass is 444 g/mol. The number of aromatic amines is 1. The number of ether oxygens (including phenoxy) is 1. The zero-order valence-corrected chi connectivity index (χ0v) is 18.9. The van der Waals surface area contributed by atoms with Crippen LogP contribution in [0.3, 0.4) is 0 Å². The molecule has 3 heterocycles. The number of H-pyrrole nitrogens is 1. The minimum atomic E-state index is -0.337. The summed E-state index contributed by atoms with van der Waals surface area (Å²) in [5.41, 5.74) is 2.41. The first-order valence-corrected chi connectivity index (χ1v) is 11.4. The molecule has 0 aliphatic carbocycles. The maximum Gasteiger partial charge on any atom is 0.253 e.